The molecule has 23 heavy (non-hydrogen) atoms. The molecule has 5 nitrogen and oxygen atoms in total. The Hall–Kier alpha value is -1.73. The van der Waals surface area contributed by atoms with Gasteiger partial charge in [0.05, 0.1) is 16.2 Å². The van der Waals surface area contributed by atoms with Gasteiger partial charge < -0.3 is 10.4 Å². The van der Waals surface area contributed by atoms with Gasteiger partial charge in [0, 0.05) is 12.2 Å². The predicted octanol–water partition coefficient (Wildman–Crippen LogP) is 3.42. The van der Waals surface area contributed by atoms with Gasteiger partial charge in [-0.3, -0.25) is 9.89 Å². The van der Waals surface area contributed by atoms with Gasteiger partial charge in [-0.15, -0.1) is 0 Å². The molecule has 1 unspecified atom stereocenters. The van der Waals surface area contributed by atoms with Crippen molar-refractivity contribution in [3.8, 4) is 11.3 Å². The molecule has 0 saturated carbocycles. The van der Waals surface area contributed by atoms with Gasteiger partial charge in [0.2, 0.25) is 5.91 Å². The molecule has 1 atom stereocenters. The van der Waals surface area contributed by atoms with Gasteiger partial charge in [-0.25, -0.2) is 4.39 Å². The summed E-state index contributed by atoms with van der Waals surface area (Å²) in [6.07, 6.45) is 0.312. The first kappa shape index (κ1) is 17.6. The van der Waals surface area contributed by atoms with E-state index in [-0.39, 0.29) is 24.2 Å². The quantitative estimate of drug-likeness (QED) is 0.668. The number of amides is 1. The van der Waals surface area contributed by atoms with Gasteiger partial charge in [0.25, 0.3) is 0 Å². The first-order valence-electron chi connectivity index (χ1n) is 7.34. The second kappa shape index (κ2) is 7.70. The summed E-state index contributed by atoms with van der Waals surface area (Å²) in [5.41, 5.74) is 2.64. The van der Waals surface area contributed by atoms with Crippen molar-refractivity contribution in [2.24, 2.45) is 0 Å². The summed E-state index contributed by atoms with van der Waals surface area (Å²) < 4.78 is 13.1. The molecule has 0 saturated heterocycles. The Kier molecular flexibility index (Phi) is 5.90. The van der Waals surface area contributed by atoms with Gasteiger partial charge in [-0.05, 0) is 36.6 Å². The fourth-order valence-corrected chi connectivity index (χ4v) is 2.48. The number of nitrogens with zero attached hydrogens (tertiary/aromatic N) is 1. The molecular formula is C16H19BrFN3O2. The van der Waals surface area contributed by atoms with E-state index < -0.39 is 4.83 Å². The fraction of sp³-hybridized carbons (Fsp3) is 0.375. The number of hydrogen-bond donors (Lipinski definition) is 3. The molecule has 1 heterocycles. The van der Waals surface area contributed by atoms with Crippen molar-refractivity contribution >= 4 is 27.5 Å². The van der Waals surface area contributed by atoms with E-state index in [1.807, 2.05) is 13.8 Å². The zero-order chi connectivity index (χ0) is 17.0. The second-order valence-corrected chi connectivity index (χ2v) is 6.60. The van der Waals surface area contributed by atoms with Crippen LogP contribution in [0.2, 0.25) is 0 Å². The standard InChI is InChI=1S/C16H19BrFN3O2/c1-9(2)13-15(19-16(23)12(17)7-8-22)14(21-20-13)10-3-5-11(18)6-4-10/h3-6,9,12,22H,7-8H2,1-2H3,(H,19,23)(H,20,21). The van der Waals surface area contributed by atoms with Crippen LogP contribution in [0.5, 0.6) is 0 Å². The van der Waals surface area contributed by atoms with E-state index >= 15 is 0 Å². The van der Waals surface area contributed by atoms with Gasteiger partial charge >= 0.3 is 0 Å². The lowest BCUT2D eigenvalue weighted by Gasteiger charge is -2.13. The molecule has 0 aliphatic heterocycles. The van der Waals surface area contributed by atoms with Crippen molar-refractivity contribution in [2.75, 3.05) is 11.9 Å². The SMILES string of the molecule is CC(C)c1[nH]nc(-c2ccc(F)cc2)c1NC(=O)C(Br)CCO. The number of aliphatic hydroxyl groups is 1. The number of benzene rings is 1. The smallest absolute Gasteiger partial charge is 0.238 e. The van der Waals surface area contributed by atoms with E-state index in [2.05, 4.69) is 31.4 Å². The highest BCUT2D eigenvalue weighted by molar-refractivity contribution is 9.10. The Morgan fingerprint density at radius 2 is 2.04 bits per heavy atom. The van der Waals surface area contributed by atoms with Crippen LogP contribution in [0.25, 0.3) is 11.3 Å². The summed E-state index contributed by atoms with van der Waals surface area (Å²) >= 11 is 3.25. The van der Waals surface area contributed by atoms with E-state index in [4.69, 9.17) is 5.11 Å². The molecule has 2 rings (SSSR count). The molecular weight excluding hydrogens is 365 g/mol. The zero-order valence-corrected chi connectivity index (χ0v) is 14.5. The molecule has 0 bridgehead atoms. The maximum Gasteiger partial charge on any atom is 0.238 e. The lowest BCUT2D eigenvalue weighted by Crippen LogP contribution is -2.24. The minimum Gasteiger partial charge on any atom is -0.396 e. The number of nitrogens with one attached hydrogen (secondary N) is 2. The Labute approximate surface area is 142 Å². The highest BCUT2D eigenvalue weighted by atomic mass is 79.9. The Bertz CT molecular complexity index is 670. The number of alkyl halides is 1. The first-order chi connectivity index (χ1) is 10.9. The number of aromatic amines is 1. The molecule has 2 aromatic rings. The summed E-state index contributed by atoms with van der Waals surface area (Å²) in [5, 5.41) is 19.0. The van der Waals surface area contributed by atoms with Gasteiger partial charge in [-0.1, -0.05) is 29.8 Å². The predicted molar refractivity (Wildman–Crippen MR) is 91.1 cm³/mol. The number of anilines is 1. The maximum atomic E-state index is 13.1. The van der Waals surface area contributed by atoms with Crippen LogP contribution in [0.4, 0.5) is 10.1 Å². The van der Waals surface area contributed by atoms with Crippen molar-refractivity contribution in [3.63, 3.8) is 0 Å². The molecule has 1 aromatic heterocycles. The topological polar surface area (TPSA) is 78.0 Å². The molecule has 0 fully saturated rings. The number of carbonyl (C=O) groups excluding carboxylic acids is 1. The first-order valence-corrected chi connectivity index (χ1v) is 8.25. The maximum absolute atomic E-state index is 13.1. The third-order valence-corrected chi connectivity index (χ3v) is 4.28. The van der Waals surface area contributed by atoms with Crippen molar-refractivity contribution in [3.05, 3.63) is 35.8 Å². The minimum atomic E-state index is -0.497. The molecule has 7 heteroatoms. The van der Waals surface area contributed by atoms with E-state index in [0.29, 0.717) is 23.4 Å². The average molecular weight is 384 g/mol. The van der Waals surface area contributed by atoms with Crippen LogP contribution in [0.1, 0.15) is 31.9 Å². The number of aromatic nitrogens is 2. The highest BCUT2D eigenvalue weighted by Crippen LogP contribution is 2.33. The van der Waals surface area contributed by atoms with Crippen LogP contribution in [-0.2, 0) is 4.79 Å². The number of H-pyrrole nitrogens is 1. The van der Waals surface area contributed by atoms with Crippen molar-refractivity contribution in [1.82, 2.24) is 10.2 Å². The molecule has 124 valence electrons. The normalized spacial score (nSPS) is 12.4. The summed E-state index contributed by atoms with van der Waals surface area (Å²) in [4.78, 5) is 11.7. The van der Waals surface area contributed by atoms with Gasteiger partial charge in [0.15, 0.2) is 0 Å². The minimum absolute atomic E-state index is 0.0867. The number of rotatable bonds is 6. The van der Waals surface area contributed by atoms with Crippen LogP contribution >= 0.6 is 15.9 Å². The number of hydrogen-bond acceptors (Lipinski definition) is 3. The van der Waals surface area contributed by atoms with Crippen LogP contribution in [0, 0.1) is 5.82 Å². The largest absolute Gasteiger partial charge is 0.396 e. The lowest BCUT2D eigenvalue weighted by atomic mass is 10.0. The monoisotopic (exact) mass is 383 g/mol. The van der Waals surface area contributed by atoms with E-state index in [9.17, 15) is 9.18 Å². The van der Waals surface area contributed by atoms with Crippen molar-refractivity contribution in [1.29, 1.82) is 0 Å². The van der Waals surface area contributed by atoms with Crippen LogP contribution in [-0.4, -0.2) is 32.6 Å². The molecule has 3 N–H and O–H groups in total. The third-order valence-electron chi connectivity index (χ3n) is 3.40. The van der Waals surface area contributed by atoms with Crippen LogP contribution in [0.15, 0.2) is 24.3 Å². The van der Waals surface area contributed by atoms with E-state index in [0.717, 1.165) is 5.69 Å². The number of aliphatic hydroxyl groups excluding tert-OH is 1. The fourth-order valence-electron chi connectivity index (χ4n) is 2.16. The zero-order valence-electron chi connectivity index (χ0n) is 12.9. The summed E-state index contributed by atoms with van der Waals surface area (Å²) in [6.45, 7) is 3.88. The highest BCUT2D eigenvalue weighted by Gasteiger charge is 2.22. The Morgan fingerprint density at radius 3 is 2.61 bits per heavy atom. The second-order valence-electron chi connectivity index (χ2n) is 5.49. The third kappa shape index (κ3) is 4.17. The van der Waals surface area contributed by atoms with Crippen molar-refractivity contribution in [2.45, 2.75) is 31.0 Å². The molecule has 1 aromatic carbocycles. The lowest BCUT2D eigenvalue weighted by molar-refractivity contribution is -0.115. The van der Waals surface area contributed by atoms with Crippen LogP contribution in [0.3, 0.4) is 0 Å². The molecule has 0 spiro atoms. The number of halogens is 2. The molecule has 0 aliphatic rings. The Balaban J connectivity index is 2.37. The van der Waals surface area contributed by atoms with Crippen molar-refractivity contribution < 1.29 is 14.3 Å². The molecule has 1 amide bonds. The van der Waals surface area contributed by atoms with Gasteiger partial charge in [-0.2, -0.15) is 5.10 Å². The summed E-state index contributed by atoms with van der Waals surface area (Å²) in [5.74, 6) is -0.466. The van der Waals surface area contributed by atoms with Crippen LogP contribution < -0.4 is 5.32 Å². The summed E-state index contributed by atoms with van der Waals surface area (Å²) in [7, 11) is 0. The molecule has 0 aliphatic carbocycles. The Morgan fingerprint density at radius 1 is 1.39 bits per heavy atom. The number of carbonyl (C=O) groups is 1. The average Bonchev–Trinajstić information content (AvgIpc) is 2.92. The van der Waals surface area contributed by atoms with E-state index in [1.54, 1.807) is 12.1 Å². The van der Waals surface area contributed by atoms with E-state index in [1.165, 1.54) is 12.1 Å². The summed E-state index contributed by atoms with van der Waals surface area (Å²) in [6, 6.07) is 5.93. The van der Waals surface area contributed by atoms with Gasteiger partial charge in [0.1, 0.15) is 11.5 Å². The molecule has 0 radical (unpaired) electrons.